The van der Waals surface area contributed by atoms with Gasteiger partial charge in [0, 0.05) is 5.69 Å². The van der Waals surface area contributed by atoms with Gasteiger partial charge in [0.1, 0.15) is 5.82 Å². The zero-order valence-electron chi connectivity index (χ0n) is 15.7. The molecule has 3 nitrogen and oxygen atoms in total. The number of anilines is 1. The third kappa shape index (κ3) is 4.27. The summed E-state index contributed by atoms with van der Waals surface area (Å²) in [5.41, 5.74) is 2.67. The largest absolute Gasteiger partial charge is 0.459 e. The Labute approximate surface area is 169 Å². The van der Waals surface area contributed by atoms with Crippen LogP contribution in [-0.2, 0) is 6.42 Å². The Hall–Kier alpha value is -3.66. The molecule has 0 fully saturated rings. The van der Waals surface area contributed by atoms with E-state index in [2.05, 4.69) is 0 Å². The number of hydrogen-bond donors (Lipinski definition) is 0. The van der Waals surface area contributed by atoms with E-state index < -0.39 is 0 Å². The molecular formula is C25H20FNO2. The van der Waals surface area contributed by atoms with E-state index in [1.54, 1.807) is 29.2 Å². The summed E-state index contributed by atoms with van der Waals surface area (Å²) in [5, 5.41) is 0. The van der Waals surface area contributed by atoms with Gasteiger partial charge in [-0.2, -0.15) is 0 Å². The Balaban J connectivity index is 1.82. The number of hydrogen-bond acceptors (Lipinski definition) is 2. The Morgan fingerprint density at radius 3 is 2.10 bits per heavy atom. The summed E-state index contributed by atoms with van der Waals surface area (Å²) in [7, 11) is 0. The van der Waals surface area contributed by atoms with Gasteiger partial charge in [-0.25, -0.2) is 4.39 Å². The van der Waals surface area contributed by atoms with Gasteiger partial charge in [0.25, 0.3) is 5.91 Å². The van der Waals surface area contributed by atoms with Crippen LogP contribution in [0, 0.1) is 5.82 Å². The summed E-state index contributed by atoms with van der Waals surface area (Å²) in [6.07, 6.45) is 2.06. The minimum Gasteiger partial charge on any atom is -0.459 e. The zero-order valence-corrected chi connectivity index (χ0v) is 15.7. The van der Waals surface area contributed by atoms with E-state index in [0.717, 1.165) is 16.8 Å². The first kappa shape index (κ1) is 18.7. The average molecular weight is 385 g/mol. The molecule has 0 saturated heterocycles. The normalized spacial score (nSPS) is 11.8. The molecule has 3 aromatic carbocycles. The van der Waals surface area contributed by atoms with Gasteiger partial charge in [-0.1, -0.05) is 60.7 Å². The zero-order chi connectivity index (χ0) is 20.1. The molecule has 0 bridgehead atoms. The molecule has 4 rings (SSSR count). The van der Waals surface area contributed by atoms with Gasteiger partial charge in [-0.15, -0.1) is 0 Å². The lowest BCUT2D eigenvalue weighted by atomic mass is 9.96. The molecule has 0 aliphatic heterocycles. The van der Waals surface area contributed by atoms with E-state index in [-0.39, 0.29) is 23.5 Å². The first-order chi connectivity index (χ1) is 14.2. The lowest BCUT2D eigenvalue weighted by molar-refractivity contribution is 0.0949. The van der Waals surface area contributed by atoms with Crippen molar-refractivity contribution in [3.05, 3.63) is 126 Å². The van der Waals surface area contributed by atoms with Crippen molar-refractivity contribution in [2.24, 2.45) is 0 Å². The number of nitrogens with zero attached hydrogens (tertiary/aromatic N) is 1. The molecule has 1 atom stereocenters. The van der Waals surface area contributed by atoms with Gasteiger partial charge in [0.05, 0.1) is 12.3 Å². The maximum atomic E-state index is 13.6. The van der Waals surface area contributed by atoms with Crippen LogP contribution >= 0.6 is 0 Å². The van der Waals surface area contributed by atoms with Crippen molar-refractivity contribution >= 4 is 11.6 Å². The molecule has 144 valence electrons. The lowest BCUT2D eigenvalue weighted by Crippen LogP contribution is -2.36. The monoisotopic (exact) mass is 385 g/mol. The Kier molecular flexibility index (Phi) is 5.52. The number of para-hydroxylation sites is 1. The summed E-state index contributed by atoms with van der Waals surface area (Å²) >= 11 is 0. The number of furan rings is 1. The summed E-state index contributed by atoms with van der Waals surface area (Å²) in [5.74, 6) is -0.295. The van der Waals surface area contributed by atoms with Crippen molar-refractivity contribution in [2.75, 3.05) is 4.90 Å². The topological polar surface area (TPSA) is 33.5 Å². The fourth-order valence-corrected chi connectivity index (χ4v) is 3.43. The molecule has 1 heterocycles. The fourth-order valence-electron chi connectivity index (χ4n) is 3.43. The molecule has 1 aromatic heterocycles. The number of halogens is 1. The van der Waals surface area contributed by atoms with Gasteiger partial charge in [0.2, 0.25) is 0 Å². The van der Waals surface area contributed by atoms with Crippen molar-refractivity contribution in [2.45, 2.75) is 12.5 Å². The van der Waals surface area contributed by atoms with Crippen LogP contribution in [0.1, 0.15) is 27.7 Å². The fraction of sp³-hybridized carbons (Fsp3) is 0.0800. The third-order valence-corrected chi connectivity index (χ3v) is 4.82. The van der Waals surface area contributed by atoms with Crippen LogP contribution in [0.2, 0.25) is 0 Å². The molecule has 0 unspecified atom stereocenters. The third-order valence-electron chi connectivity index (χ3n) is 4.82. The van der Waals surface area contributed by atoms with Gasteiger partial charge < -0.3 is 4.42 Å². The van der Waals surface area contributed by atoms with Crippen molar-refractivity contribution in [1.82, 2.24) is 0 Å². The van der Waals surface area contributed by atoms with Gasteiger partial charge >= 0.3 is 0 Å². The second-order valence-electron chi connectivity index (χ2n) is 6.75. The SMILES string of the molecule is O=C(c1ccco1)N(c1ccccc1)[C@H](Cc1ccccc1)c1ccc(F)cc1. The predicted octanol–water partition coefficient (Wildman–Crippen LogP) is 6.05. The molecule has 0 aliphatic rings. The highest BCUT2D eigenvalue weighted by molar-refractivity contribution is 6.04. The van der Waals surface area contributed by atoms with Crippen molar-refractivity contribution in [1.29, 1.82) is 0 Å². The highest BCUT2D eigenvalue weighted by atomic mass is 19.1. The lowest BCUT2D eigenvalue weighted by Gasteiger charge is -2.32. The molecule has 0 spiro atoms. The van der Waals surface area contributed by atoms with Crippen molar-refractivity contribution < 1.29 is 13.6 Å². The van der Waals surface area contributed by atoms with Gasteiger partial charge in [-0.3, -0.25) is 9.69 Å². The van der Waals surface area contributed by atoms with Crippen molar-refractivity contribution in [3.63, 3.8) is 0 Å². The minimum atomic E-state index is -0.335. The van der Waals surface area contributed by atoms with Gasteiger partial charge in [-0.05, 0) is 53.9 Å². The molecule has 4 aromatic rings. The molecule has 0 N–H and O–H groups in total. The maximum absolute atomic E-state index is 13.6. The van der Waals surface area contributed by atoms with Crippen molar-refractivity contribution in [3.8, 4) is 0 Å². The quantitative estimate of drug-likeness (QED) is 0.405. The second-order valence-corrected chi connectivity index (χ2v) is 6.75. The van der Waals surface area contributed by atoms with E-state index in [1.807, 2.05) is 60.7 Å². The molecule has 29 heavy (non-hydrogen) atoms. The van der Waals surface area contributed by atoms with Gasteiger partial charge in [0.15, 0.2) is 5.76 Å². The predicted molar refractivity (Wildman–Crippen MR) is 111 cm³/mol. The highest BCUT2D eigenvalue weighted by Gasteiger charge is 2.29. The van der Waals surface area contributed by atoms with Crippen LogP contribution in [0.25, 0.3) is 0 Å². The molecule has 1 amide bonds. The van der Waals surface area contributed by atoms with E-state index in [0.29, 0.717) is 6.42 Å². The minimum absolute atomic E-state index is 0.244. The number of carbonyl (C=O) groups is 1. The number of benzene rings is 3. The Morgan fingerprint density at radius 1 is 0.828 bits per heavy atom. The Morgan fingerprint density at radius 2 is 1.48 bits per heavy atom. The van der Waals surface area contributed by atoms with E-state index in [9.17, 15) is 9.18 Å². The standard InChI is InChI=1S/C25H20FNO2/c26-21-15-13-20(14-16-21)23(18-19-8-3-1-4-9-19)27(22-10-5-2-6-11-22)25(28)24-12-7-17-29-24/h1-17,23H,18H2/t23-/m1/s1. The van der Waals surface area contributed by atoms with Crippen LogP contribution in [0.4, 0.5) is 10.1 Å². The van der Waals surface area contributed by atoms with Crippen LogP contribution in [0.15, 0.2) is 108 Å². The number of carbonyl (C=O) groups excluding carboxylic acids is 1. The average Bonchev–Trinajstić information content (AvgIpc) is 3.30. The highest BCUT2D eigenvalue weighted by Crippen LogP contribution is 2.32. The summed E-state index contributed by atoms with van der Waals surface area (Å²) in [6, 6.07) is 28.7. The molecular weight excluding hydrogens is 365 g/mol. The molecule has 0 saturated carbocycles. The van der Waals surface area contributed by atoms with E-state index in [4.69, 9.17) is 4.42 Å². The Bertz CT molecular complexity index is 1050. The first-order valence-corrected chi connectivity index (χ1v) is 9.44. The smallest absolute Gasteiger partial charge is 0.294 e. The summed E-state index contributed by atoms with van der Waals surface area (Å²) in [6.45, 7) is 0. The number of amides is 1. The van der Waals surface area contributed by atoms with E-state index >= 15 is 0 Å². The molecule has 0 radical (unpaired) electrons. The van der Waals surface area contributed by atoms with Crippen LogP contribution in [-0.4, -0.2) is 5.91 Å². The molecule has 0 aliphatic carbocycles. The second kappa shape index (κ2) is 8.57. The maximum Gasteiger partial charge on any atom is 0.294 e. The molecule has 4 heteroatoms. The first-order valence-electron chi connectivity index (χ1n) is 9.44. The van der Waals surface area contributed by atoms with Crippen LogP contribution in [0.3, 0.4) is 0 Å². The van der Waals surface area contributed by atoms with E-state index in [1.165, 1.54) is 18.4 Å². The summed E-state index contributed by atoms with van der Waals surface area (Å²) < 4.78 is 19.0. The number of rotatable bonds is 6. The summed E-state index contributed by atoms with van der Waals surface area (Å²) in [4.78, 5) is 15.2. The van der Waals surface area contributed by atoms with Crippen LogP contribution < -0.4 is 4.90 Å². The van der Waals surface area contributed by atoms with Crippen LogP contribution in [0.5, 0.6) is 0 Å².